The largest absolute Gasteiger partial charge is 0.360 e. The monoisotopic (exact) mass is 290 g/mol. The predicted molar refractivity (Wildman–Crippen MR) is 80.2 cm³/mol. The van der Waals surface area contributed by atoms with Crippen LogP contribution in [-0.4, -0.2) is 11.2 Å². The molecule has 0 fully saturated rings. The van der Waals surface area contributed by atoms with E-state index in [1.807, 2.05) is 12.1 Å². The standard InChI is InChI=1S/C12H16Cl2N2S/c1-3-8(4-2)15-12(17)16-10-7-5-6-9(13)11(10)14/h5-8H,3-4H2,1-2H3,(H2,15,16,17). The summed E-state index contributed by atoms with van der Waals surface area (Å²) < 4.78 is 0. The van der Waals surface area contributed by atoms with Crippen LogP contribution in [0.5, 0.6) is 0 Å². The summed E-state index contributed by atoms with van der Waals surface area (Å²) in [6.45, 7) is 4.24. The van der Waals surface area contributed by atoms with Gasteiger partial charge in [0.1, 0.15) is 0 Å². The zero-order valence-corrected chi connectivity index (χ0v) is 12.2. The highest BCUT2D eigenvalue weighted by Crippen LogP contribution is 2.29. The van der Waals surface area contributed by atoms with E-state index in [1.165, 1.54) is 0 Å². The highest BCUT2D eigenvalue weighted by molar-refractivity contribution is 7.80. The molecule has 0 heterocycles. The van der Waals surface area contributed by atoms with Crippen molar-refractivity contribution in [1.82, 2.24) is 5.32 Å². The Balaban J connectivity index is 2.65. The third kappa shape index (κ3) is 4.34. The molecule has 0 aliphatic heterocycles. The van der Waals surface area contributed by atoms with Crippen LogP contribution in [0.2, 0.25) is 10.0 Å². The second-order valence-electron chi connectivity index (χ2n) is 3.71. The Morgan fingerprint density at radius 1 is 1.29 bits per heavy atom. The molecule has 0 aromatic heterocycles. The summed E-state index contributed by atoms with van der Waals surface area (Å²) in [5, 5.41) is 7.86. The maximum absolute atomic E-state index is 6.06. The molecule has 0 bridgehead atoms. The lowest BCUT2D eigenvalue weighted by Crippen LogP contribution is -2.36. The summed E-state index contributed by atoms with van der Waals surface area (Å²) in [7, 11) is 0. The zero-order valence-electron chi connectivity index (χ0n) is 9.89. The first-order valence-corrected chi connectivity index (χ1v) is 6.76. The number of benzene rings is 1. The van der Waals surface area contributed by atoms with Crippen LogP contribution in [0.25, 0.3) is 0 Å². The molecular formula is C12H16Cl2N2S. The van der Waals surface area contributed by atoms with E-state index in [0.717, 1.165) is 18.5 Å². The van der Waals surface area contributed by atoms with Gasteiger partial charge in [-0.1, -0.05) is 43.1 Å². The van der Waals surface area contributed by atoms with Crippen molar-refractivity contribution in [3.8, 4) is 0 Å². The Hall–Kier alpha value is -0.510. The highest BCUT2D eigenvalue weighted by Gasteiger charge is 2.08. The van der Waals surface area contributed by atoms with Crippen molar-refractivity contribution < 1.29 is 0 Å². The molecule has 2 nitrogen and oxygen atoms in total. The van der Waals surface area contributed by atoms with Crippen molar-refractivity contribution in [2.24, 2.45) is 0 Å². The van der Waals surface area contributed by atoms with E-state index in [4.69, 9.17) is 35.4 Å². The van der Waals surface area contributed by atoms with E-state index in [9.17, 15) is 0 Å². The van der Waals surface area contributed by atoms with E-state index in [2.05, 4.69) is 24.5 Å². The number of rotatable bonds is 4. The number of nitrogens with one attached hydrogen (secondary N) is 2. The molecule has 2 N–H and O–H groups in total. The van der Waals surface area contributed by atoms with Crippen molar-refractivity contribution in [1.29, 1.82) is 0 Å². The summed E-state index contributed by atoms with van der Waals surface area (Å²) in [6.07, 6.45) is 2.06. The highest BCUT2D eigenvalue weighted by atomic mass is 35.5. The fourth-order valence-corrected chi connectivity index (χ4v) is 2.06. The second-order valence-corrected chi connectivity index (χ2v) is 4.91. The minimum atomic E-state index is 0.382. The molecule has 17 heavy (non-hydrogen) atoms. The number of hydrogen-bond acceptors (Lipinski definition) is 1. The van der Waals surface area contributed by atoms with Gasteiger partial charge >= 0.3 is 0 Å². The number of thiocarbonyl (C=S) groups is 1. The first kappa shape index (κ1) is 14.6. The summed E-state index contributed by atoms with van der Waals surface area (Å²) in [5.41, 5.74) is 0.725. The van der Waals surface area contributed by atoms with Crippen molar-refractivity contribution in [3.05, 3.63) is 28.2 Å². The van der Waals surface area contributed by atoms with Crippen LogP contribution in [0.1, 0.15) is 26.7 Å². The van der Waals surface area contributed by atoms with Crippen molar-refractivity contribution in [3.63, 3.8) is 0 Å². The predicted octanol–water partition coefficient (Wildman–Crippen LogP) is 4.47. The summed E-state index contributed by atoms with van der Waals surface area (Å²) in [5.74, 6) is 0. The van der Waals surface area contributed by atoms with Crippen molar-refractivity contribution in [2.45, 2.75) is 32.7 Å². The lowest BCUT2D eigenvalue weighted by molar-refractivity contribution is 0.573. The number of halogens is 2. The first-order valence-electron chi connectivity index (χ1n) is 5.60. The van der Waals surface area contributed by atoms with Gasteiger partial charge in [0.25, 0.3) is 0 Å². The molecule has 1 rings (SSSR count). The van der Waals surface area contributed by atoms with Crippen LogP contribution < -0.4 is 10.6 Å². The Bertz CT molecular complexity index is 392. The quantitative estimate of drug-likeness (QED) is 0.800. The van der Waals surface area contributed by atoms with E-state index < -0.39 is 0 Å². The summed E-state index contributed by atoms with van der Waals surface area (Å²) in [4.78, 5) is 0. The minimum Gasteiger partial charge on any atom is -0.360 e. The Morgan fingerprint density at radius 2 is 1.94 bits per heavy atom. The third-order valence-corrected chi connectivity index (χ3v) is 3.56. The lowest BCUT2D eigenvalue weighted by Gasteiger charge is -2.18. The first-order chi connectivity index (χ1) is 8.08. The molecule has 0 unspecified atom stereocenters. The maximum Gasteiger partial charge on any atom is 0.171 e. The minimum absolute atomic E-state index is 0.382. The van der Waals surface area contributed by atoms with E-state index in [0.29, 0.717) is 21.2 Å². The van der Waals surface area contributed by atoms with Gasteiger partial charge in [-0.3, -0.25) is 0 Å². The summed E-state index contributed by atoms with van der Waals surface area (Å²) >= 11 is 17.2. The van der Waals surface area contributed by atoms with Gasteiger partial charge in [0.2, 0.25) is 0 Å². The zero-order chi connectivity index (χ0) is 12.8. The molecule has 1 aromatic rings. The molecule has 0 aliphatic carbocycles. The molecule has 5 heteroatoms. The molecular weight excluding hydrogens is 275 g/mol. The summed E-state index contributed by atoms with van der Waals surface area (Å²) in [6, 6.07) is 5.80. The Labute approximate surface area is 118 Å². The van der Waals surface area contributed by atoms with Gasteiger partial charge in [-0.2, -0.15) is 0 Å². The van der Waals surface area contributed by atoms with E-state index in [1.54, 1.807) is 6.07 Å². The van der Waals surface area contributed by atoms with Gasteiger partial charge in [0.15, 0.2) is 5.11 Å². The molecule has 0 atom stereocenters. The number of hydrogen-bond donors (Lipinski definition) is 2. The van der Waals surface area contributed by atoms with E-state index in [-0.39, 0.29) is 0 Å². The smallest absolute Gasteiger partial charge is 0.171 e. The average Bonchev–Trinajstić information content (AvgIpc) is 2.32. The fraction of sp³-hybridized carbons (Fsp3) is 0.417. The van der Waals surface area contributed by atoms with Crippen LogP contribution in [0, 0.1) is 0 Å². The van der Waals surface area contributed by atoms with Gasteiger partial charge < -0.3 is 10.6 Å². The van der Waals surface area contributed by atoms with Crippen LogP contribution in [0.15, 0.2) is 18.2 Å². The van der Waals surface area contributed by atoms with Gasteiger partial charge in [-0.05, 0) is 37.2 Å². The normalized spacial score (nSPS) is 10.4. The SMILES string of the molecule is CCC(CC)NC(=S)Nc1cccc(Cl)c1Cl. The Morgan fingerprint density at radius 3 is 2.53 bits per heavy atom. The molecule has 0 spiro atoms. The van der Waals surface area contributed by atoms with Crippen LogP contribution in [0.3, 0.4) is 0 Å². The van der Waals surface area contributed by atoms with Gasteiger partial charge in [-0.25, -0.2) is 0 Å². The maximum atomic E-state index is 6.06. The number of anilines is 1. The second kappa shape index (κ2) is 7.04. The fourth-order valence-electron chi connectivity index (χ4n) is 1.44. The lowest BCUT2D eigenvalue weighted by atomic mass is 10.2. The average molecular weight is 291 g/mol. The molecule has 1 aromatic carbocycles. The van der Waals surface area contributed by atoms with Gasteiger partial charge in [-0.15, -0.1) is 0 Å². The van der Waals surface area contributed by atoms with Gasteiger partial charge in [0.05, 0.1) is 15.7 Å². The topological polar surface area (TPSA) is 24.1 Å². The van der Waals surface area contributed by atoms with Crippen LogP contribution >= 0.6 is 35.4 Å². The van der Waals surface area contributed by atoms with Crippen LogP contribution in [-0.2, 0) is 0 Å². The van der Waals surface area contributed by atoms with Gasteiger partial charge in [0, 0.05) is 6.04 Å². The molecule has 0 saturated carbocycles. The van der Waals surface area contributed by atoms with Crippen molar-refractivity contribution in [2.75, 3.05) is 5.32 Å². The molecule has 0 saturated heterocycles. The molecule has 94 valence electrons. The molecule has 0 radical (unpaired) electrons. The van der Waals surface area contributed by atoms with Crippen LogP contribution in [0.4, 0.5) is 5.69 Å². The molecule has 0 aliphatic rings. The van der Waals surface area contributed by atoms with E-state index >= 15 is 0 Å². The molecule has 0 amide bonds. The third-order valence-electron chi connectivity index (χ3n) is 2.52. The van der Waals surface area contributed by atoms with Crippen molar-refractivity contribution >= 4 is 46.2 Å². The Kier molecular flexibility index (Phi) is 6.03.